The Labute approximate surface area is 95.2 Å². The molecule has 0 aliphatic carbocycles. The van der Waals surface area contributed by atoms with E-state index in [0.29, 0.717) is 6.04 Å². The maximum Gasteiger partial charge on any atom is 0.401 e. The van der Waals surface area contributed by atoms with Crippen molar-refractivity contribution >= 4 is 0 Å². The predicted molar refractivity (Wildman–Crippen MR) is 58.4 cm³/mol. The van der Waals surface area contributed by atoms with Crippen LogP contribution < -0.4 is 5.32 Å². The van der Waals surface area contributed by atoms with Crippen LogP contribution in [0, 0.1) is 0 Å². The molecule has 0 aromatic carbocycles. The number of nitrogens with one attached hydrogen (secondary N) is 1. The number of rotatable bonds is 3. The first-order valence-electron chi connectivity index (χ1n) is 5.92. The molecule has 1 aliphatic heterocycles. The van der Waals surface area contributed by atoms with E-state index in [-0.39, 0.29) is 6.04 Å². The molecule has 0 saturated carbocycles. The second-order valence-electron chi connectivity index (χ2n) is 4.75. The Bertz CT molecular complexity index is 204. The van der Waals surface area contributed by atoms with Gasteiger partial charge in [-0.05, 0) is 46.2 Å². The number of likely N-dealkylation sites (tertiary alicyclic amines) is 1. The highest BCUT2D eigenvalue weighted by Gasteiger charge is 2.28. The van der Waals surface area contributed by atoms with Crippen LogP contribution in [0.2, 0.25) is 0 Å². The van der Waals surface area contributed by atoms with Crippen molar-refractivity contribution in [1.29, 1.82) is 0 Å². The molecule has 2 nitrogen and oxygen atoms in total. The summed E-state index contributed by atoms with van der Waals surface area (Å²) in [6, 6.07) is 0.506. The highest BCUT2D eigenvalue weighted by atomic mass is 19.4. The van der Waals surface area contributed by atoms with Gasteiger partial charge in [-0.3, -0.25) is 0 Å². The molecule has 1 aliphatic rings. The normalized spacial score (nSPS) is 24.8. The number of hydrogen-bond acceptors (Lipinski definition) is 2. The number of nitrogens with zero attached hydrogens (tertiary/aromatic N) is 1. The molecule has 1 unspecified atom stereocenters. The Hall–Kier alpha value is -0.290. The summed E-state index contributed by atoms with van der Waals surface area (Å²) in [4.78, 5) is 2.33. The fourth-order valence-corrected chi connectivity index (χ4v) is 2.10. The third-order valence-electron chi connectivity index (χ3n) is 3.08. The highest BCUT2D eigenvalue weighted by Crippen LogP contribution is 2.16. The summed E-state index contributed by atoms with van der Waals surface area (Å²) in [5.74, 6) is 0. The van der Waals surface area contributed by atoms with Crippen molar-refractivity contribution < 1.29 is 13.2 Å². The summed E-state index contributed by atoms with van der Waals surface area (Å²) in [7, 11) is 0. The van der Waals surface area contributed by atoms with Gasteiger partial charge in [-0.15, -0.1) is 0 Å². The van der Waals surface area contributed by atoms with Crippen molar-refractivity contribution in [2.75, 3.05) is 19.6 Å². The van der Waals surface area contributed by atoms with Crippen molar-refractivity contribution in [1.82, 2.24) is 10.2 Å². The number of hydrogen-bond donors (Lipinski definition) is 1. The first-order valence-corrected chi connectivity index (χ1v) is 5.92. The monoisotopic (exact) mass is 238 g/mol. The van der Waals surface area contributed by atoms with Crippen LogP contribution in [-0.2, 0) is 0 Å². The van der Waals surface area contributed by atoms with E-state index >= 15 is 0 Å². The summed E-state index contributed by atoms with van der Waals surface area (Å²) in [5.41, 5.74) is 0. The quantitative estimate of drug-likeness (QED) is 0.812. The van der Waals surface area contributed by atoms with E-state index < -0.39 is 12.7 Å². The molecular weight excluding hydrogens is 217 g/mol. The smallest absolute Gasteiger partial charge is 0.306 e. The molecule has 16 heavy (non-hydrogen) atoms. The van der Waals surface area contributed by atoms with E-state index in [4.69, 9.17) is 0 Å². The molecule has 96 valence electrons. The fourth-order valence-electron chi connectivity index (χ4n) is 2.10. The number of alkyl halides is 3. The molecule has 0 amide bonds. The van der Waals surface area contributed by atoms with Crippen molar-refractivity contribution in [2.45, 2.75) is 51.4 Å². The Morgan fingerprint density at radius 3 is 2.50 bits per heavy atom. The maximum atomic E-state index is 12.0. The summed E-state index contributed by atoms with van der Waals surface area (Å²) in [6.45, 7) is 5.29. The summed E-state index contributed by atoms with van der Waals surface area (Å²) < 4.78 is 36.1. The summed E-state index contributed by atoms with van der Waals surface area (Å²) in [5, 5.41) is 2.61. The zero-order valence-electron chi connectivity index (χ0n) is 9.98. The van der Waals surface area contributed by atoms with Crippen LogP contribution in [0.15, 0.2) is 0 Å². The lowest BCUT2D eigenvalue weighted by atomic mass is 10.1. The summed E-state index contributed by atoms with van der Waals surface area (Å²) in [6.07, 6.45) is -1.45. The molecule has 1 rings (SSSR count). The molecule has 5 heteroatoms. The minimum Gasteiger partial charge on any atom is -0.306 e. The van der Waals surface area contributed by atoms with E-state index in [9.17, 15) is 13.2 Å². The zero-order chi connectivity index (χ0) is 12.2. The van der Waals surface area contributed by atoms with Gasteiger partial charge in [0.15, 0.2) is 0 Å². The number of halogens is 3. The molecule has 1 saturated heterocycles. The lowest BCUT2D eigenvalue weighted by Gasteiger charge is -2.24. The first-order chi connectivity index (χ1) is 7.38. The van der Waals surface area contributed by atoms with Crippen LogP contribution in [0.25, 0.3) is 0 Å². The molecule has 0 aromatic heterocycles. The largest absolute Gasteiger partial charge is 0.401 e. The average molecular weight is 238 g/mol. The average Bonchev–Trinajstić information content (AvgIpc) is 2.38. The zero-order valence-corrected chi connectivity index (χ0v) is 9.98. The van der Waals surface area contributed by atoms with E-state index in [1.54, 1.807) is 0 Å². The first kappa shape index (κ1) is 13.8. The van der Waals surface area contributed by atoms with Gasteiger partial charge in [0.1, 0.15) is 0 Å². The van der Waals surface area contributed by atoms with E-state index in [0.717, 1.165) is 32.4 Å². The fraction of sp³-hybridized carbons (Fsp3) is 1.00. The van der Waals surface area contributed by atoms with E-state index in [1.165, 1.54) is 0 Å². The van der Waals surface area contributed by atoms with Gasteiger partial charge < -0.3 is 10.2 Å². The lowest BCUT2D eigenvalue weighted by Crippen LogP contribution is -2.38. The highest BCUT2D eigenvalue weighted by molar-refractivity contribution is 4.77. The van der Waals surface area contributed by atoms with Crippen molar-refractivity contribution in [2.24, 2.45) is 0 Å². The van der Waals surface area contributed by atoms with Gasteiger partial charge >= 0.3 is 6.18 Å². The van der Waals surface area contributed by atoms with Crippen LogP contribution in [0.4, 0.5) is 13.2 Å². The van der Waals surface area contributed by atoms with Crippen LogP contribution in [0.5, 0.6) is 0 Å². The van der Waals surface area contributed by atoms with Crippen LogP contribution >= 0.6 is 0 Å². The van der Waals surface area contributed by atoms with Gasteiger partial charge in [0.05, 0.1) is 6.54 Å². The minimum atomic E-state index is -4.09. The van der Waals surface area contributed by atoms with Gasteiger partial charge in [-0.25, -0.2) is 0 Å². The van der Waals surface area contributed by atoms with Gasteiger partial charge in [0, 0.05) is 12.1 Å². The predicted octanol–water partition coefficient (Wildman–Crippen LogP) is 2.40. The third kappa shape index (κ3) is 5.16. The Morgan fingerprint density at radius 1 is 1.25 bits per heavy atom. The third-order valence-corrected chi connectivity index (χ3v) is 3.08. The van der Waals surface area contributed by atoms with Crippen LogP contribution in [-0.4, -0.2) is 42.8 Å². The molecular formula is C11H21F3N2. The maximum absolute atomic E-state index is 12.0. The topological polar surface area (TPSA) is 15.3 Å². The SMILES string of the molecule is CC(C)N1CCCC(NCC(F)(F)F)CC1. The van der Waals surface area contributed by atoms with Gasteiger partial charge in [-0.2, -0.15) is 13.2 Å². The molecule has 0 radical (unpaired) electrons. The van der Waals surface area contributed by atoms with Gasteiger partial charge in [-0.1, -0.05) is 0 Å². The minimum absolute atomic E-state index is 0.0189. The second-order valence-corrected chi connectivity index (χ2v) is 4.75. The Balaban J connectivity index is 2.30. The second kappa shape index (κ2) is 5.87. The van der Waals surface area contributed by atoms with Crippen molar-refractivity contribution in [3.63, 3.8) is 0 Å². The molecule has 0 bridgehead atoms. The molecule has 0 spiro atoms. The van der Waals surface area contributed by atoms with Crippen LogP contribution in [0.3, 0.4) is 0 Å². The van der Waals surface area contributed by atoms with E-state index in [1.807, 2.05) is 0 Å². The lowest BCUT2D eigenvalue weighted by molar-refractivity contribution is -0.126. The van der Waals surface area contributed by atoms with Gasteiger partial charge in [0.2, 0.25) is 0 Å². The molecule has 1 fully saturated rings. The molecule has 1 N–H and O–H groups in total. The van der Waals surface area contributed by atoms with E-state index in [2.05, 4.69) is 24.1 Å². The van der Waals surface area contributed by atoms with Gasteiger partial charge in [0.25, 0.3) is 0 Å². The molecule has 1 atom stereocenters. The molecule has 0 aromatic rings. The van der Waals surface area contributed by atoms with Crippen molar-refractivity contribution in [3.8, 4) is 0 Å². The van der Waals surface area contributed by atoms with Crippen molar-refractivity contribution in [3.05, 3.63) is 0 Å². The van der Waals surface area contributed by atoms with Crippen LogP contribution in [0.1, 0.15) is 33.1 Å². The Kier molecular flexibility index (Phi) is 5.05. The standard InChI is InChI=1S/C11H21F3N2/c1-9(2)16-6-3-4-10(5-7-16)15-8-11(12,13)14/h9-10,15H,3-8H2,1-2H3. The summed E-state index contributed by atoms with van der Waals surface area (Å²) >= 11 is 0. The Morgan fingerprint density at radius 2 is 1.94 bits per heavy atom. The molecule has 1 heterocycles.